The first kappa shape index (κ1) is 29.2. The third-order valence-electron chi connectivity index (χ3n) is 6.29. The molecule has 1 atom stereocenters. The van der Waals surface area contributed by atoms with Crippen LogP contribution in [0.4, 0.5) is 5.69 Å². The van der Waals surface area contributed by atoms with Crippen molar-refractivity contribution in [3.05, 3.63) is 70.4 Å². The lowest BCUT2D eigenvalue weighted by molar-refractivity contribution is -0.141. The number of sulfonamides is 1. The van der Waals surface area contributed by atoms with Crippen molar-refractivity contribution in [3.63, 3.8) is 0 Å². The number of ether oxygens (including phenoxy) is 4. The van der Waals surface area contributed by atoms with E-state index in [1.807, 2.05) is 18.2 Å². The Morgan fingerprint density at radius 2 is 2.00 bits per heavy atom. The summed E-state index contributed by atoms with van der Waals surface area (Å²) < 4.78 is 51.5. The summed E-state index contributed by atoms with van der Waals surface area (Å²) in [6, 6.07) is 12.2. The second-order valence-corrected chi connectivity index (χ2v) is 11.3. The molecule has 0 aliphatic carbocycles. The quantitative estimate of drug-likeness (QED) is 0.226. The van der Waals surface area contributed by atoms with Crippen LogP contribution >= 0.6 is 11.6 Å². The summed E-state index contributed by atoms with van der Waals surface area (Å²) >= 11 is 6.38. The van der Waals surface area contributed by atoms with Gasteiger partial charge in [0.15, 0.2) is 0 Å². The maximum Gasteiger partial charge on any atom is 0.305 e. The highest BCUT2D eigenvalue weighted by atomic mass is 35.5. The fourth-order valence-corrected chi connectivity index (χ4v) is 6.20. The Morgan fingerprint density at radius 3 is 2.73 bits per heavy atom. The number of benzene rings is 2. The van der Waals surface area contributed by atoms with Gasteiger partial charge in [0.25, 0.3) is 10.0 Å². The Bertz CT molecular complexity index is 1520. The van der Waals surface area contributed by atoms with Gasteiger partial charge in [-0.1, -0.05) is 29.8 Å². The summed E-state index contributed by atoms with van der Waals surface area (Å²) in [6.45, 7) is 3.76. The molecule has 0 saturated heterocycles. The molecule has 0 spiro atoms. The number of pyridine rings is 1. The standard InChI is InChI=1S/C29H31ClN2O7S/c1-5-38-29-27(15-19(2)17-31-29)40(34,35)32-18-21(11-14-28(33)37-4)39-26-13-10-20(16-24(26)32)9-12-22-23(30)7-6-8-25(22)36-3/h6-10,12-13,15-17,21H,5,11,14,18H2,1-4H3/b12-9+/t21-/m0/s1. The molecule has 212 valence electrons. The van der Waals surface area contributed by atoms with E-state index in [0.29, 0.717) is 38.9 Å². The van der Waals surface area contributed by atoms with E-state index < -0.39 is 22.1 Å². The number of anilines is 1. The number of esters is 1. The molecule has 3 aromatic rings. The van der Waals surface area contributed by atoms with Crippen molar-refractivity contribution < 1.29 is 32.2 Å². The maximum atomic E-state index is 14.2. The number of hydrogen-bond donors (Lipinski definition) is 0. The molecule has 0 radical (unpaired) electrons. The van der Waals surface area contributed by atoms with Crippen LogP contribution in [-0.4, -0.2) is 52.8 Å². The second-order valence-electron chi connectivity index (χ2n) is 9.06. The van der Waals surface area contributed by atoms with Crippen molar-refractivity contribution in [1.82, 2.24) is 4.98 Å². The molecule has 9 nitrogen and oxygen atoms in total. The van der Waals surface area contributed by atoms with Crippen molar-refractivity contribution >= 4 is 45.4 Å². The van der Waals surface area contributed by atoms with Crippen molar-refractivity contribution in [2.75, 3.05) is 31.7 Å². The highest BCUT2D eigenvalue weighted by Gasteiger charge is 2.37. The molecule has 2 aromatic carbocycles. The average molecular weight is 587 g/mol. The summed E-state index contributed by atoms with van der Waals surface area (Å²) in [6.07, 6.45) is 4.96. The minimum Gasteiger partial charge on any atom is -0.496 e. The lowest BCUT2D eigenvalue weighted by Gasteiger charge is -2.35. The van der Waals surface area contributed by atoms with Crippen LogP contribution in [0.25, 0.3) is 12.2 Å². The molecule has 1 aliphatic rings. The zero-order chi connectivity index (χ0) is 28.9. The number of carbonyl (C=O) groups is 1. The number of methoxy groups -OCH3 is 2. The first-order valence-electron chi connectivity index (χ1n) is 12.7. The lowest BCUT2D eigenvalue weighted by atomic mass is 10.1. The van der Waals surface area contributed by atoms with Gasteiger partial charge in [0.1, 0.15) is 22.5 Å². The molecule has 2 heterocycles. The van der Waals surface area contributed by atoms with E-state index in [-0.39, 0.29) is 36.8 Å². The summed E-state index contributed by atoms with van der Waals surface area (Å²) in [5.74, 6) is 0.601. The topological polar surface area (TPSA) is 104 Å². The number of rotatable bonds is 10. The Balaban J connectivity index is 1.78. The van der Waals surface area contributed by atoms with Crippen LogP contribution in [-0.2, 0) is 19.6 Å². The molecule has 1 aromatic heterocycles. The number of fused-ring (bicyclic) bond motifs is 1. The number of carbonyl (C=O) groups excluding carboxylic acids is 1. The van der Waals surface area contributed by atoms with Crippen LogP contribution in [0.1, 0.15) is 36.5 Å². The predicted molar refractivity (Wildman–Crippen MR) is 154 cm³/mol. The normalized spacial score (nSPS) is 14.9. The van der Waals surface area contributed by atoms with Gasteiger partial charge in [-0.2, -0.15) is 0 Å². The summed E-state index contributed by atoms with van der Waals surface area (Å²) in [5, 5.41) is 0.518. The predicted octanol–water partition coefficient (Wildman–Crippen LogP) is 5.53. The molecule has 0 saturated carbocycles. The van der Waals surface area contributed by atoms with Gasteiger partial charge in [0.05, 0.1) is 38.1 Å². The Hall–Kier alpha value is -3.76. The van der Waals surface area contributed by atoms with Crippen molar-refractivity contribution in [2.45, 2.75) is 37.7 Å². The zero-order valence-corrected chi connectivity index (χ0v) is 24.3. The van der Waals surface area contributed by atoms with E-state index in [2.05, 4.69) is 4.98 Å². The van der Waals surface area contributed by atoms with E-state index in [1.54, 1.807) is 63.6 Å². The number of halogens is 1. The minimum atomic E-state index is -4.14. The number of nitrogens with zero attached hydrogens (tertiary/aromatic N) is 2. The molecule has 40 heavy (non-hydrogen) atoms. The molecule has 1 aliphatic heterocycles. The maximum absolute atomic E-state index is 14.2. The average Bonchev–Trinajstić information content (AvgIpc) is 2.95. The van der Waals surface area contributed by atoms with Crippen LogP contribution in [0.15, 0.2) is 53.6 Å². The smallest absolute Gasteiger partial charge is 0.305 e. The minimum absolute atomic E-state index is 0.0165. The summed E-state index contributed by atoms with van der Waals surface area (Å²) in [4.78, 5) is 16.0. The molecular weight excluding hydrogens is 556 g/mol. The van der Waals surface area contributed by atoms with E-state index in [9.17, 15) is 13.2 Å². The van der Waals surface area contributed by atoms with Crippen LogP contribution in [0.2, 0.25) is 5.02 Å². The Labute approximate surface area is 239 Å². The van der Waals surface area contributed by atoms with Gasteiger partial charge in [-0.3, -0.25) is 9.10 Å². The van der Waals surface area contributed by atoms with E-state index >= 15 is 0 Å². The monoisotopic (exact) mass is 586 g/mol. The van der Waals surface area contributed by atoms with Gasteiger partial charge in [-0.15, -0.1) is 0 Å². The van der Waals surface area contributed by atoms with Gasteiger partial charge in [0.2, 0.25) is 5.88 Å². The van der Waals surface area contributed by atoms with Gasteiger partial charge in [0, 0.05) is 18.2 Å². The van der Waals surface area contributed by atoms with Gasteiger partial charge in [-0.05, 0) is 67.8 Å². The van der Waals surface area contributed by atoms with Crippen LogP contribution in [0.3, 0.4) is 0 Å². The van der Waals surface area contributed by atoms with Gasteiger partial charge >= 0.3 is 5.97 Å². The van der Waals surface area contributed by atoms with Crippen molar-refractivity contribution in [1.29, 1.82) is 0 Å². The summed E-state index contributed by atoms with van der Waals surface area (Å²) in [5.41, 5.74) is 2.43. The molecular formula is C29H31ClN2O7S. The second kappa shape index (κ2) is 12.6. The third kappa shape index (κ3) is 6.34. The van der Waals surface area contributed by atoms with Crippen LogP contribution in [0.5, 0.6) is 17.4 Å². The molecule has 0 bridgehead atoms. The lowest BCUT2D eigenvalue weighted by Crippen LogP contribution is -2.44. The van der Waals surface area contributed by atoms with Crippen molar-refractivity contribution in [2.24, 2.45) is 0 Å². The van der Waals surface area contributed by atoms with Crippen LogP contribution < -0.4 is 18.5 Å². The SMILES string of the molecule is CCOc1ncc(C)cc1S(=O)(=O)N1C[C@H](CCC(=O)OC)Oc2ccc(/C=C/c3c(Cl)cccc3OC)cc21. The number of aryl methyl sites for hydroxylation is 1. The molecule has 4 rings (SSSR count). The van der Waals surface area contributed by atoms with Crippen molar-refractivity contribution in [3.8, 4) is 17.4 Å². The molecule has 0 N–H and O–H groups in total. The fourth-order valence-electron chi connectivity index (χ4n) is 4.31. The Kier molecular flexibility index (Phi) is 9.21. The van der Waals surface area contributed by atoms with Crippen LogP contribution in [0, 0.1) is 6.92 Å². The van der Waals surface area contributed by atoms with Gasteiger partial charge in [-0.25, -0.2) is 13.4 Å². The molecule has 0 amide bonds. The van der Waals surface area contributed by atoms with Gasteiger partial charge < -0.3 is 18.9 Å². The fraction of sp³-hybridized carbons (Fsp3) is 0.310. The van der Waals surface area contributed by atoms with E-state index in [4.69, 9.17) is 30.5 Å². The number of aromatic nitrogens is 1. The molecule has 11 heteroatoms. The largest absolute Gasteiger partial charge is 0.496 e. The number of hydrogen-bond acceptors (Lipinski definition) is 8. The highest BCUT2D eigenvalue weighted by Crippen LogP contribution is 2.40. The van der Waals surface area contributed by atoms with E-state index in [0.717, 1.165) is 0 Å². The first-order valence-corrected chi connectivity index (χ1v) is 14.5. The third-order valence-corrected chi connectivity index (χ3v) is 8.40. The highest BCUT2D eigenvalue weighted by molar-refractivity contribution is 7.93. The van der Waals surface area contributed by atoms with E-state index in [1.165, 1.54) is 11.4 Å². The molecule has 0 fully saturated rings. The first-order chi connectivity index (χ1) is 19.2. The zero-order valence-electron chi connectivity index (χ0n) is 22.7. The molecule has 0 unspecified atom stereocenters. The summed E-state index contributed by atoms with van der Waals surface area (Å²) in [7, 11) is -1.27. The Morgan fingerprint density at radius 1 is 1.20 bits per heavy atom.